The molecule has 0 aromatic carbocycles. The minimum Gasteiger partial charge on any atom is -0.412 e. The highest BCUT2D eigenvalue weighted by Crippen LogP contribution is 2.43. The average molecular weight is 470 g/mol. The molecule has 32 heavy (non-hydrogen) atoms. The third-order valence-corrected chi connectivity index (χ3v) is 12.1. The fraction of sp³-hybridized carbons (Fsp3) is 0.542. The van der Waals surface area contributed by atoms with E-state index < -0.39 is 8.32 Å². The highest BCUT2D eigenvalue weighted by Gasteiger charge is 2.43. The van der Waals surface area contributed by atoms with E-state index >= 15 is 0 Å². The van der Waals surface area contributed by atoms with Crippen LogP contribution in [0.1, 0.15) is 63.3 Å². The minimum atomic E-state index is -1.90. The molecule has 170 valence electrons. The van der Waals surface area contributed by atoms with Crippen LogP contribution < -0.4 is 4.90 Å². The predicted octanol–water partition coefficient (Wildman–Crippen LogP) is 6.00. The molecule has 1 unspecified atom stereocenters. The molecule has 6 nitrogen and oxygen atoms in total. The van der Waals surface area contributed by atoms with Gasteiger partial charge in [-0.1, -0.05) is 38.4 Å². The van der Waals surface area contributed by atoms with Crippen molar-refractivity contribution in [3.8, 4) is 0 Å². The summed E-state index contributed by atoms with van der Waals surface area (Å²) >= 11 is 6.21. The molecular formula is C24H32ClN5OSi. The fourth-order valence-corrected chi connectivity index (χ4v) is 5.84. The zero-order valence-electron chi connectivity index (χ0n) is 19.5. The van der Waals surface area contributed by atoms with E-state index in [4.69, 9.17) is 21.0 Å². The fourth-order valence-electron chi connectivity index (χ4n) is 4.34. The quantitative estimate of drug-likeness (QED) is 0.339. The molecule has 3 aromatic rings. The summed E-state index contributed by atoms with van der Waals surface area (Å²) in [6, 6.07) is 6.29. The first-order valence-corrected chi connectivity index (χ1v) is 14.8. The molecular weight excluding hydrogens is 438 g/mol. The van der Waals surface area contributed by atoms with Crippen molar-refractivity contribution in [3.63, 3.8) is 0 Å². The number of fused-ring (bicyclic) bond motifs is 1. The average Bonchev–Trinajstić information content (AvgIpc) is 3.34. The second kappa shape index (κ2) is 7.82. The van der Waals surface area contributed by atoms with Gasteiger partial charge in [0, 0.05) is 31.4 Å². The maximum atomic E-state index is 6.82. The Morgan fingerprint density at radius 2 is 1.91 bits per heavy atom. The van der Waals surface area contributed by atoms with Crippen LogP contribution in [0.2, 0.25) is 23.3 Å². The topological polar surface area (TPSA) is 55.6 Å². The van der Waals surface area contributed by atoms with Gasteiger partial charge in [0.15, 0.2) is 8.32 Å². The van der Waals surface area contributed by atoms with E-state index in [0.29, 0.717) is 5.15 Å². The molecule has 8 heteroatoms. The molecule has 2 fully saturated rings. The molecule has 4 heterocycles. The number of hydrogen-bond donors (Lipinski definition) is 0. The van der Waals surface area contributed by atoms with Crippen molar-refractivity contribution in [3.05, 3.63) is 53.3 Å². The third kappa shape index (κ3) is 4.18. The molecule has 0 amide bonds. The Morgan fingerprint density at radius 1 is 1.12 bits per heavy atom. The highest BCUT2D eigenvalue weighted by molar-refractivity contribution is 6.74. The Morgan fingerprint density at radius 3 is 2.59 bits per heavy atom. The summed E-state index contributed by atoms with van der Waals surface area (Å²) in [7, 11) is -1.90. The maximum absolute atomic E-state index is 6.82. The van der Waals surface area contributed by atoms with Crippen LogP contribution in [0.5, 0.6) is 0 Å². The first-order chi connectivity index (χ1) is 15.1. The van der Waals surface area contributed by atoms with Crippen molar-refractivity contribution in [1.82, 2.24) is 19.4 Å². The van der Waals surface area contributed by atoms with Crippen molar-refractivity contribution in [2.45, 2.75) is 76.2 Å². The molecule has 0 spiro atoms. The molecule has 1 aliphatic carbocycles. The van der Waals surface area contributed by atoms with Crippen LogP contribution in [0.15, 0.2) is 36.9 Å². The van der Waals surface area contributed by atoms with Crippen molar-refractivity contribution in [1.29, 1.82) is 0 Å². The molecule has 1 saturated heterocycles. The molecule has 1 saturated carbocycles. The van der Waals surface area contributed by atoms with Crippen LogP contribution in [0.3, 0.4) is 0 Å². The summed E-state index contributed by atoms with van der Waals surface area (Å²) in [6.45, 7) is 12.3. The van der Waals surface area contributed by atoms with Crippen LogP contribution >= 0.6 is 11.6 Å². The number of pyridine rings is 1. The zero-order chi connectivity index (χ0) is 22.7. The second-order valence-corrected chi connectivity index (χ2v) is 15.9. The van der Waals surface area contributed by atoms with Gasteiger partial charge in [-0.25, -0.2) is 15.0 Å². The number of anilines is 1. The summed E-state index contributed by atoms with van der Waals surface area (Å²) in [5.41, 5.74) is 3.44. The monoisotopic (exact) mass is 469 g/mol. The van der Waals surface area contributed by atoms with Gasteiger partial charge in [0.1, 0.15) is 22.9 Å². The van der Waals surface area contributed by atoms with Crippen molar-refractivity contribution in [2.75, 3.05) is 11.4 Å². The van der Waals surface area contributed by atoms with Gasteiger partial charge >= 0.3 is 0 Å². The standard InChI is InChI=1S/C24H32ClN5OSi/c1-24(2,3)32(4,5)31-18-10-20(30(13-18)23-11-21(25)26-15-27-23)19-14-29-12-17(16-6-7-16)8-9-22(29)28-19/h8-9,11-12,14-16,18,20H,6-7,10,13H2,1-5H3/t18?,20-/m1/s1. The smallest absolute Gasteiger partial charge is 0.192 e. The van der Waals surface area contributed by atoms with Gasteiger partial charge < -0.3 is 13.7 Å². The third-order valence-electron chi connectivity index (χ3n) is 7.33. The molecule has 3 aromatic heterocycles. The normalized spacial score (nSPS) is 22.1. The van der Waals surface area contributed by atoms with Gasteiger partial charge in [-0.05, 0) is 48.5 Å². The van der Waals surface area contributed by atoms with Gasteiger partial charge in [0.25, 0.3) is 0 Å². The predicted molar refractivity (Wildman–Crippen MR) is 131 cm³/mol. The maximum Gasteiger partial charge on any atom is 0.192 e. The molecule has 0 bridgehead atoms. The van der Waals surface area contributed by atoms with Gasteiger partial charge in [-0.3, -0.25) is 0 Å². The van der Waals surface area contributed by atoms with Crippen molar-refractivity contribution < 1.29 is 4.43 Å². The van der Waals surface area contributed by atoms with Crippen molar-refractivity contribution >= 4 is 31.4 Å². The van der Waals surface area contributed by atoms with Gasteiger partial charge in [-0.2, -0.15) is 0 Å². The van der Waals surface area contributed by atoms with Gasteiger partial charge in [0.05, 0.1) is 17.8 Å². The zero-order valence-corrected chi connectivity index (χ0v) is 21.3. The summed E-state index contributed by atoms with van der Waals surface area (Å²) in [5, 5.41) is 0.614. The molecule has 2 atom stereocenters. The Labute approximate surface area is 196 Å². The number of halogens is 1. The van der Waals surface area contributed by atoms with Gasteiger partial charge in [-0.15, -0.1) is 0 Å². The van der Waals surface area contributed by atoms with Crippen LogP contribution in [0.25, 0.3) is 5.65 Å². The molecule has 0 radical (unpaired) electrons. The lowest BCUT2D eigenvalue weighted by Crippen LogP contribution is -2.44. The largest absolute Gasteiger partial charge is 0.412 e. The van der Waals surface area contributed by atoms with Crippen LogP contribution in [0, 0.1) is 0 Å². The van der Waals surface area contributed by atoms with E-state index in [2.05, 4.69) is 77.7 Å². The Hall–Kier alpha value is -1.96. The summed E-state index contributed by atoms with van der Waals surface area (Å²) in [6.07, 6.45) is 9.55. The summed E-state index contributed by atoms with van der Waals surface area (Å²) < 4.78 is 8.99. The first-order valence-electron chi connectivity index (χ1n) is 11.5. The number of imidazole rings is 1. The number of hydrogen-bond acceptors (Lipinski definition) is 5. The summed E-state index contributed by atoms with van der Waals surface area (Å²) in [4.78, 5) is 15.9. The molecule has 2 aliphatic rings. The molecule has 1 aliphatic heterocycles. The van der Waals surface area contributed by atoms with E-state index in [1.54, 1.807) is 0 Å². The second-order valence-electron chi connectivity index (χ2n) is 10.8. The number of aromatic nitrogens is 4. The highest BCUT2D eigenvalue weighted by atomic mass is 35.5. The Kier molecular flexibility index (Phi) is 5.34. The number of rotatable bonds is 5. The van der Waals surface area contributed by atoms with E-state index in [9.17, 15) is 0 Å². The molecule has 0 N–H and O–H groups in total. The van der Waals surface area contributed by atoms with Gasteiger partial charge in [0.2, 0.25) is 0 Å². The van der Waals surface area contributed by atoms with Crippen LogP contribution in [-0.4, -0.2) is 40.3 Å². The number of nitrogens with zero attached hydrogens (tertiary/aromatic N) is 5. The minimum absolute atomic E-state index is 0.0833. The molecule has 5 rings (SSSR count). The van der Waals surface area contributed by atoms with Crippen molar-refractivity contribution in [2.24, 2.45) is 0 Å². The van der Waals surface area contributed by atoms with Crippen LogP contribution in [-0.2, 0) is 4.43 Å². The Balaban J connectivity index is 1.48. The first kappa shape index (κ1) is 21.9. The lowest BCUT2D eigenvalue weighted by molar-refractivity contribution is 0.198. The van der Waals surface area contributed by atoms with Crippen LogP contribution in [0.4, 0.5) is 5.82 Å². The SMILES string of the molecule is CC(C)(C)[Si](C)(C)OC1C[C@H](c2cn3cc(C4CC4)ccc3n2)N(c2cc(Cl)ncn2)C1. The van der Waals surface area contributed by atoms with E-state index in [1.807, 2.05) is 6.07 Å². The lowest BCUT2D eigenvalue weighted by atomic mass is 10.1. The lowest BCUT2D eigenvalue weighted by Gasteiger charge is -2.38. The summed E-state index contributed by atoms with van der Waals surface area (Å²) in [5.74, 6) is 1.55. The van der Waals surface area contributed by atoms with E-state index in [1.165, 1.54) is 24.7 Å². The van der Waals surface area contributed by atoms with E-state index in [-0.39, 0.29) is 17.2 Å². The Bertz CT molecular complexity index is 1140. The van der Waals surface area contributed by atoms with E-state index in [0.717, 1.165) is 36.0 Å².